The number of carbonyl (C=O) groups excluding carboxylic acids is 1. The predicted octanol–water partition coefficient (Wildman–Crippen LogP) is 4.19. The number of benzene rings is 2. The van der Waals surface area contributed by atoms with Gasteiger partial charge in [-0.25, -0.2) is 4.79 Å². The van der Waals surface area contributed by atoms with Crippen LogP contribution >= 0.6 is 0 Å². The molecule has 146 valence electrons. The lowest BCUT2D eigenvalue weighted by atomic mass is 9.85. The van der Waals surface area contributed by atoms with Crippen LogP contribution < -0.4 is 10.1 Å². The summed E-state index contributed by atoms with van der Waals surface area (Å²) in [5, 5.41) is 7.36. The van der Waals surface area contributed by atoms with Crippen LogP contribution in [0.2, 0.25) is 0 Å². The van der Waals surface area contributed by atoms with Gasteiger partial charge in [-0.3, -0.25) is 0 Å². The molecule has 0 bridgehead atoms. The quantitative estimate of drug-likeness (QED) is 0.870. The van der Waals surface area contributed by atoms with Gasteiger partial charge in [0.1, 0.15) is 11.4 Å². The lowest BCUT2D eigenvalue weighted by Crippen LogP contribution is -2.48. The summed E-state index contributed by atoms with van der Waals surface area (Å²) >= 11 is 0. The second-order valence-electron chi connectivity index (χ2n) is 7.45. The third-order valence-electron chi connectivity index (χ3n) is 5.59. The molecule has 4 rings (SSSR count). The molecule has 0 aliphatic carbocycles. The molecule has 0 radical (unpaired) electrons. The minimum absolute atomic E-state index is 0.0592. The summed E-state index contributed by atoms with van der Waals surface area (Å²) in [5.41, 5.74) is 3.57. The molecule has 2 aliphatic rings. The van der Waals surface area contributed by atoms with Crippen LogP contribution in [0.1, 0.15) is 30.4 Å². The number of hydrogen-bond acceptors (Lipinski definition) is 4. The average molecular weight is 379 g/mol. The Hall–Kier alpha value is -3.02. The van der Waals surface area contributed by atoms with Gasteiger partial charge in [-0.2, -0.15) is 0 Å². The van der Waals surface area contributed by atoms with Crippen molar-refractivity contribution in [2.24, 2.45) is 5.16 Å². The van der Waals surface area contributed by atoms with E-state index >= 15 is 0 Å². The van der Waals surface area contributed by atoms with Crippen LogP contribution in [0, 0.1) is 6.92 Å². The minimum atomic E-state index is -0.308. The Morgan fingerprint density at radius 2 is 1.96 bits per heavy atom. The first-order valence-corrected chi connectivity index (χ1v) is 9.60. The molecule has 2 aliphatic heterocycles. The molecule has 2 aromatic rings. The molecule has 0 aromatic heterocycles. The number of para-hydroxylation sites is 1. The second kappa shape index (κ2) is 7.54. The van der Waals surface area contributed by atoms with Crippen molar-refractivity contribution in [3.63, 3.8) is 0 Å². The van der Waals surface area contributed by atoms with E-state index in [1.807, 2.05) is 60.4 Å². The zero-order chi connectivity index (χ0) is 19.6. The largest absolute Gasteiger partial charge is 0.497 e. The molecule has 28 heavy (non-hydrogen) atoms. The Bertz CT molecular complexity index is 901. The van der Waals surface area contributed by atoms with Gasteiger partial charge >= 0.3 is 6.03 Å². The highest BCUT2D eigenvalue weighted by Crippen LogP contribution is 2.36. The first-order valence-electron chi connectivity index (χ1n) is 9.60. The number of urea groups is 1. The zero-order valence-electron chi connectivity index (χ0n) is 16.3. The molecule has 1 fully saturated rings. The van der Waals surface area contributed by atoms with Gasteiger partial charge in [-0.05, 0) is 30.7 Å². The van der Waals surface area contributed by atoms with E-state index in [1.165, 1.54) is 0 Å². The summed E-state index contributed by atoms with van der Waals surface area (Å²) in [6, 6.07) is 15.6. The van der Waals surface area contributed by atoms with E-state index in [1.54, 1.807) is 7.11 Å². The summed E-state index contributed by atoms with van der Waals surface area (Å²) in [7, 11) is 1.66. The van der Waals surface area contributed by atoms with E-state index in [0.29, 0.717) is 13.1 Å². The molecule has 0 saturated carbocycles. The molecule has 0 atom stereocenters. The standard InChI is InChI=1S/C22H25N3O3/c1-16-6-3-4-9-19(16)23-21(26)25-12-10-22(11-13-25)15-20(24-28-22)17-7-5-8-18(14-17)27-2/h3-9,14H,10-13,15H2,1-2H3,(H,23,26). The summed E-state index contributed by atoms with van der Waals surface area (Å²) < 4.78 is 5.30. The van der Waals surface area contributed by atoms with Gasteiger partial charge in [0.05, 0.1) is 12.8 Å². The number of anilines is 1. The molecule has 1 saturated heterocycles. The molecule has 2 heterocycles. The number of methoxy groups -OCH3 is 1. The van der Waals surface area contributed by atoms with E-state index < -0.39 is 0 Å². The number of amides is 2. The number of rotatable bonds is 3. The highest BCUT2D eigenvalue weighted by atomic mass is 16.7. The van der Waals surface area contributed by atoms with Crippen LogP contribution in [0.25, 0.3) is 0 Å². The minimum Gasteiger partial charge on any atom is -0.497 e. The monoisotopic (exact) mass is 379 g/mol. The highest BCUT2D eigenvalue weighted by Gasteiger charge is 2.43. The Kier molecular flexibility index (Phi) is 4.94. The Morgan fingerprint density at radius 1 is 1.18 bits per heavy atom. The Morgan fingerprint density at radius 3 is 2.71 bits per heavy atom. The molecule has 6 nitrogen and oxygen atoms in total. The molecule has 6 heteroatoms. The lowest BCUT2D eigenvalue weighted by molar-refractivity contribution is -0.0544. The number of carbonyl (C=O) groups is 1. The average Bonchev–Trinajstić information content (AvgIpc) is 3.14. The van der Waals surface area contributed by atoms with Gasteiger partial charge in [0.2, 0.25) is 0 Å². The van der Waals surface area contributed by atoms with Crippen molar-refractivity contribution in [1.82, 2.24) is 4.90 Å². The van der Waals surface area contributed by atoms with Crippen molar-refractivity contribution >= 4 is 17.4 Å². The maximum Gasteiger partial charge on any atom is 0.321 e. The van der Waals surface area contributed by atoms with Crippen molar-refractivity contribution in [1.29, 1.82) is 0 Å². The van der Waals surface area contributed by atoms with Crippen molar-refractivity contribution in [3.8, 4) is 5.75 Å². The molecular formula is C22H25N3O3. The number of oxime groups is 1. The molecular weight excluding hydrogens is 354 g/mol. The number of aryl methyl sites for hydroxylation is 1. The molecule has 1 N–H and O–H groups in total. The van der Waals surface area contributed by atoms with Gasteiger partial charge < -0.3 is 19.8 Å². The van der Waals surface area contributed by atoms with Crippen LogP contribution in [-0.4, -0.2) is 42.4 Å². The summed E-state index contributed by atoms with van der Waals surface area (Å²) in [4.78, 5) is 20.3. The fraction of sp³-hybridized carbons (Fsp3) is 0.364. The van der Waals surface area contributed by atoms with E-state index in [9.17, 15) is 4.79 Å². The Balaban J connectivity index is 1.35. The van der Waals surface area contributed by atoms with Crippen LogP contribution in [0.5, 0.6) is 5.75 Å². The highest BCUT2D eigenvalue weighted by molar-refractivity contribution is 6.02. The molecule has 2 aromatic carbocycles. The number of piperidine rings is 1. The predicted molar refractivity (Wildman–Crippen MR) is 109 cm³/mol. The summed E-state index contributed by atoms with van der Waals surface area (Å²) in [5.74, 6) is 0.809. The third kappa shape index (κ3) is 3.67. The van der Waals surface area contributed by atoms with Crippen LogP contribution in [0.15, 0.2) is 53.7 Å². The summed E-state index contributed by atoms with van der Waals surface area (Å²) in [6.07, 6.45) is 2.30. The summed E-state index contributed by atoms with van der Waals surface area (Å²) in [6.45, 7) is 3.29. The van der Waals surface area contributed by atoms with Gasteiger partial charge in [0, 0.05) is 43.6 Å². The van der Waals surface area contributed by atoms with Crippen molar-refractivity contribution < 1.29 is 14.4 Å². The molecule has 1 spiro atoms. The maximum atomic E-state index is 12.6. The lowest BCUT2D eigenvalue weighted by Gasteiger charge is -2.37. The van der Waals surface area contributed by atoms with Crippen LogP contribution in [0.3, 0.4) is 0 Å². The third-order valence-corrected chi connectivity index (χ3v) is 5.59. The van der Waals surface area contributed by atoms with Crippen molar-refractivity contribution in [3.05, 3.63) is 59.7 Å². The van der Waals surface area contributed by atoms with E-state index in [4.69, 9.17) is 9.57 Å². The first kappa shape index (κ1) is 18.3. The van der Waals surface area contributed by atoms with E-state index in [-0.39, 0.29) is 11.6 Å². The first-order chi connectivity index (χ1) is 13.6. The van der Waals surface area contributed by atoms with Crippen molar-refractivity contribution in [2.75, 3.05) is 25.5 Å². The normalized spacial score (nSPS) is 17.8. The molecule has 0 unspecified atom stereocenters. The number of hydrogen-bond donors (Lipinski definition) is 1. The number of nitrogens with zero attached hydrogens (tertiary/aromatic N) is 2. The fourth-order valence-electron chi connectivity index (χ4n) is 3.77. The van der Waals surface area contributed by atoms with Gasteiger partial charge in [0.25, 0.3) is 0 Å². The SMILES string of the molecule is COc1cccc(C2=NOC3(CCN(C(=O)Nc4ccccc4C)CC3)C2)c1. The smallest absolute Gasteiger partial charge is 0.321 e. The van der Waals surface area contributed by atoms with Gasteiger partial charge in [0.15, 0.2) is 0 Å². The fourth-order valence-corrected chi connectivity index (χ4v) is 3.77. The van der Waals surface area contributed by atoms with Gasteiger partial charge in [-0.15, -0.1) is 0 Å². The Labute approximate surface area is 165 Å². The second-order valence-corrected chi connectivity index (χ2v) is 7.45. The van der Waals surface area contributed by atoms with Crippen LogP contribution in [-0.2, 0) is 4.84 Å². The number of nitrogens with one attached hydrogen (secondary N) is 1. The van der Waals surface area contributed by atoms with Gasteiger partial charge in [-0.1, -0.05) is 35.5 Å². The van der Waals surface area contributed by atoms with E-state index in [2.05, 4.69) is 10.5 Å². The number of likely N-dealkylation sites (tertiary alicyclic amines) is 1. The van der Waals surface area contributed by atoms with E-state index in [0.717, 1.165) is 47.5 Å². The zero-order valence-corrected chi connectivity index (χ0v) is 16.3. The van der Waals surface area contributed by atoms with Crippen molar-refractivity contribution in [2.45, 2.75) is 31.8 Å². The number of ether oxygens (including phenoxy) is 1. The molecule has 2 amide bonds. The van der Waals surface area contributed by atoms with Crippen LogP contribution in [0.4, 0.5) is 10.5 Å². The maximum absolute atomic E-state index is 12.6. The topological polar surface area (TPSA) is 63.2 Å².